The maximum absolute atomic E-state index is 13.1. The molecule has 0 spiro atoms. The molecule has 2 heterocycles. The van der Waals surface area contributed by atoms with Crippen LogP contribution in [0.5, 0.6) is 5.75 Å². The molecule has 0 amide bonds. The second-order valence-electron chi connectivity index (χ2n) is 5.69. The van der Waals surface area contributed by atoms with Crippen molar-refractivity contribution >= 4 is 16.9 Å². The lowest BCUT2D eigenvalue weighted by molar-refractivity contribution is -0.144. The zero-order valence-electron chi connectivity index (χ0n) is 14.1. The van der Waals surface area contributed by atoms with Crippen LogP contribution < -0.4 is 10.5 Å². The standard InChI is InChI=1S/C17H14F3N5O/c1-8-4-5-12(26-3)9(2)13(8)25-14(22)10(6-21)11-7-23-16(17(18,19)20)24-15(11)25/h4-5,7H,22H2,1-3H3. The van der Waals surface area contributed by atoms with Crippen molar-refractivity contribution in [3.8, 4) is 17.5 Å². The van der Waals surface area contributed by atoms with E-state index in [9.17, 15) is 18.4 Å². The van der Waals surface area contributed by atoms with Gasteiger partial charge >= 0.3 is 6.18 Å². The molecule has 26 heavy (non-hydrogen) atoms. The van der Waals surface area contributed by atoms with Gasteiger partial charge in [0.25, 0.3) is 0 Å². The Bertz CT molecular complexity index is 1060. The number of aryl methyl sites for hydroxylation is 1. The van der Waals surface area contributed by atoms with Gasteiger partial charge in [-0.15, -0.1) is 0 Å². The normalized spacial score (nSPS) is 11.6. The summed E-state index contributed by atoms with van der Waals surface area (Å²) in [6.45, 7) is 3.54. The lowest BCUT2D eigenvalue weighted by Crippen LogP contribution is -2.12. The highest BCUT2D eigenvalue weighted by molar-refractivity contribution is 5.91. The fourth-order valence-electron chi connectivity index (χ4n) is 2.95. The van der Waals surface area contributed by atoms with Crippen molar-refractivity contribution < 1.29 is 17.9 Å². The van der Waals surface area contributed by atoms with Crippen LogP contribution in [-0.2, 0) is 6.18 Å². The number of nitrogen functional groups attached to an aromatic ring is 1. The van der Waals surface area contributed by atoms with Gasteiger partial charge in [0.05, 0.1) is 18.2 Å². The Morgan fingerprint density at radius 2 is 1.96 bits per heavy atom. The van der Waals surface area contributed by atoms with E-state index in [1.807, 2.05) is 6.07 Å². The smallest absolute Gasteiger partial charge is 0.451 e. The number of nitriles is 1. The Balaban J connectivity index is 2.48. The number of halogens is 3. The van der Waals surface area contributed by atoms with Crippen LogP contribution in [0.4, 0.5) is 19.0 Å². The molecule has 2 N–H and O–H groups in total. The fourth-order valence-corrected chi connectivity index (χ4v) is 2.95. The number of hydrogen-bond donors (Lipinski definition) is 1. The van der Waals surface area contributed by atoms with Gasteiger partial charge < -0.3 is 10.5 Å². The molecule has 0 aliphatic rings. The van der Waals surface area contributed by atoms with Gasteiger partial charge in [-0.1, -0.05) is 6.07 Å². The van der Waals surface area contributed by atoms with Gasteiger partial charge in [0, 0.05) is 11.8 Å². The molecule has 134 valence electrons. The summed E-state index contributed by atoms with van der Waals surface area (Å²) in [5.74, 6) is -0.766. The number of nitrogens with two attached hydrogens (primary N) is 1. The number of anilines is 1. The number of nitrogens with zero attached hydrogens (tertiary/aromatic N) is 4. The van der Waals surface area contributed by atoms with Gasteiger partial charge in [-0.05, 0) is 25.5 Å². The van der Waals surface area contributed by atoms with Crippen LogP contribution >= 0.6 is 0 Å². The van der Waals surface area contributed by atoms with Crippen LogP contribution in [0.25, 0.3) is 16.7 Å². The van der Waals surface area contributed by atoms with Crippen LogP contribution in [0, 0.1) is 25.2 Å². The maximum atomic E-state index is 13.1. The van der Waals surface area contributed by atoms with Crippen molar-refractivity contribution in [2.24, 2.45) is 0 Å². The summed E-state index contributed by atoms with van der Waals surface area (Å²) < 4.78 is 45.8. The molecule has 0 bridgehead atoms. The number of ether oxygens (including phenoxy) is 1. The van der Waals surface area contributed by atoms with E-state index in [0.717, 1.165) is 11.8 Å². The molecule has 0 saturated carbocycles. The molecule has 3 rings (SSSR count). The zero-order valence-corrected chi connectivity index (χ0v) is 14.1. The van der Waals surface area contributed by atoms with E-state index < -0.39 is 12.0 Å². The third-order valence-corrected chi connectivity index (χ3v) is 4.14. The van der Waals surface area contributed by atoms with Crippen LogP contribution in [0.2, 0.25) is 0 Å². The zero-order chi connectivity index (χ0) is 19.2. The Morgan fingerprint density at radius 1 is 1.27 bits per heavy atom. The van der Waals surface area contributed by atoms with Crippen LogP contribution in [0.3, 0.4) is 0 Å². The van der Waals surface area contributed by atoms with Crippen molar-refractivity contribution in [2.75, 3.05) is 12.8 Å². The highest BCUT2D eigenvalue weighted by Crippen LogP contribution is 2.36. The Labute approximate surface area is 146 Å². The minimum Gasteiger partial charge on any atom is -0.496 e. The predicted molar refractivity (Wildman–Crippen MR) is 89.0 cm³/mol. The van der Waals surface area contributed by atoms with Crippen molar-refractivity contribution in [1.29, 1.82) is 5.26 Å². The average Bonchev–Trinajstić information content (AvgIpc) is 2.85. The maximum Gasteiger partial charge on any atom is 0.451 e. The van der Waals surface area contributed by atoms with Gasteiger partial charge in [-0.2, -0.15) is 18.4 Å². The molecule has 6 nitrogen and oxygen atoms in total. The highest BCUT2D eigenvalue weighted by Gasteiger charge is 2.36. The molecule has 0 saturated heterocycles. The minimum absolute atomic E-state index is 0.00409. The van der Waals surface area contributed by atoms with Crippen molar-refractivity contribution in [3.05, 3.63) is 40.8 Å². The largest absolute Gasteiger partial charge is 0.496 e. The Morgan fingerprint density at radius 3 is 2.54 bits per heavy atom. The number of alkyl halides is 3. The molecule has 9 heteroatoms. The number of benzene rings is 1. The van der Waals surface area contributed by atoms with E-state index in [1.165, 1.54) is 11.7 Å². The molecular formula is C17H14F3N5O. The summed E-state index contributed by atoms with van der Waals surface area (Å²) in [7, 11) is 1.49. The predicted octanol–water partition coefficient (Wildman–Crippen LogP) is 3.52. The number of aromatic nitrogens is 3. The molecular weight excluding hydrogens is 347 g/mol. The number of hydrogen-bond acceptors (Lipinski definition) is 5. The summed E-state index contributed by atoms with van der Waals surface area (Å²) in [4.78, 5) is 6.98. The molecule has 0 fully saturated rings. The van der Waals surface area contributed by atoms with E-state index in [0.29, 0.717) is 17.0 Å². The summed E-state index contributed by atoms with van der Waals surface area (Å²) >= 11 is 0. The van der Waals surface area contributed by atoms with Crippen molar-refractivity contribution in [3.63, 3.8) is 0 Å². The van der Waals surface area contributed by atoms with E-state index in [-0.39, 0.29) is 22.4 Å². The first-order valence-corrected chi connectivity index (χ1v) is 7.49. The lowest BCUT2D eigenvalue weighted by Gasteiger charge is -2.16. The molecule has 3 aromatic rings. The first kappa shape index (κ1) is 17.5. The van der Waals surface area contributed by atoms with E-state index in [2.05, 4.69) is 9.97 Å². The molecule has 0 atom stereocenters. The third-order valence-electron chi connectivity index (χ3n) is 4.14. The number of methoxy groups -OCH3 is 1. The van der Waals surface area contributed by atoms with Gasteiger partial charge in [-0.3, -0.25) is 4.57 Å². The Kier molecular flexibility index (Phi) is 3.99. The second-order valence-corrected chi connectivity index (χ2v) is 5.69. The molecule has 0 aliphatic carbocycles. The number of rotatable bonds is 2. The first-order chi connectivity index (χ1) is 12.2. The topological polar surface area (TPSA) is 89.8 Å². The molecule has 2 aromatic heterocycles. The van der Waals surface area contributed by atoms with Crippen molar-refractivity contribution in [1.82, 2.24) is 14.5 Å². The van der Waals surface area contributed by atoms with Crippen LogP contribution in [-0.4, -0.2) is 21.6 Å². The van der Waals surface area contributed by atoms with E-state index in [4.69, 9.17) is 10.5 Å². The number of fused-ring (bicyclic) bond motifs is 1. The first-order valence-electron chi connectivity index (χ1n) is 7.49. The van der Waals surface area contributed by atoms with Gasteiger partial charge in [-0.25, -0.2) is 9.97 Å². The summed E-state index contributed by atoms with van der Waals surface area (Å²) in [5, 5.41) is 9.55. The third kappa shape index (κ3) is 2.50. The van der Waals surface area contributed by atoms with Gasteiger partial charge in [0.15, 0.2) is 5.65 Å². The summed E-state index contributed by atoms with van der Waals surface area (Å²) in [6, 6.07) is 5.42. The second kappa shape index (κ2) is 5.91. The highest BCUT2D eigenvalue weighted by atomic mass is 19.4. The van der Waals surface area contributed by atoms with Crippen LogP contribution in [0.15, 0.2) is 18.3 Å². The van der Waals surface area contributed by atoms with Crippen molar-refractivity contribution in [2.45, 2.75) is 20.0 Å². The molecule has 0 aliphatic heterocycles. The van der Waals surface area contributed by atoms with Gasteiger partial charge in [0.2, 0.25) is 5.82 Å². The monoisotopic (exact) mass is 361 g/mol. The average molecular weight is 361 g/mol. The van der Waals surface area contributed by atoms with E-state index >= 15 is 0 Å². The van der Waals surface area contributed by atoms with Gasteiger partial charge in [0.1, 0.15) is 23.2 Å². The fraction of sp³-hybridized carbons (Fsp3) is 0.235. The lowest BCUT2D eigenvalue weighted by atomic mass is 10.1. The Hall–Kier alpha value is -3.28. The summed E-state index contributed by atoms with van der Waals surface area (Å²) in [6.07, 6.45) is -3.75. The summed E-state index contributed by atoms with van der Waals surface area (Å²) in [5.41, 5.74) is 7.95. The SMILES string of the molecule is COc1ccc(C)c(-n2c(N)c(C#N)c3cnc(C(F)(F)F)nc32)c1C. The quantitative estimate of drug-likeness (QED) is 0.754. The van der Waals surface area contributed by atoms with E-state index in [1.54, 1.807) is 26.0 Å². The van der Waals surface area contributed by atoms with Crippen LogP contribution in [0.1, 0.15) is 22.5 Å². The molecule has 0 radical (unpaired) electrons. The molecule has 1 aromatic carbocycles. The minimum atomic E-state index is -4.72. The molecule has 0 unspecified atom stereocenters.